The van der Waals surface area contributed by atoms with Crippen molar-refractivity contribution in [3.63, 3.8) is 0 Å². The maximum Gasteiger partial charge on any atom is 0.257 e. The summed E-state index contributed by atoms with van der Waals surface area (Å²) in [5, 5.41) is 3.71. The van der Waals surface area contributed by atoms with Crippen LogP contribution in [0, 0.1) is 5.82 Å². The summed E-state index contributed by atoms with van der Waals surface area (Å²) in [7, 11) is 0. The summed E-state index contributed by atoms with van der Waals surface area (Å²) < 4.78 is 13.4. The summed E-state index contributed by atoms with van der Waals surface area (Å²) in [6.45, 7) is 0. The molecule has 1 aromatic carbocycles. The zero-order valence-electron chi connectivity index (χ0n) is 13.6. The van der Waals surface area contributed by atoms with Crippen LogP contribution < -0.4 is 10.9 Å². The number of halogens is 1. The molecule has 4 rings (SSSR count). The van der Waals surface area contributed by atoms with Crippen LogP contribution in [0.25, 0.3) is 0 Å². The number of benzene rings is 1. The fraction of sp³-hybridized carbons (Fsp3) is 0.278. The molecule has 7 heteroatoms. The van der Waals surface area contributed by atoms with Gasteiger partial charge in [0.2, 0.25) is 0 Å². The van der Waals surface area contributed by atoms with Crippen molar-refractivity contribution in [2.24, 2.45) is 0 Å². The van der Waals surface area contributed by atoms with Gasteiger partial charge in [0, 0.05) is 23.6 Å². The Morgan fingerprint density at radius 2 is 1.96 bits per heavy atom. The quantitative estimate of drug-likeness (QED) is 0.638. The number of nitrogens with zero attached hydrogens (tertiary/aromatic N) is 1. The first-order chi connectivity index (χ1) is 12.1. The number of aromatic nitrogens is 2. The number of allylic oxidation sites excluding steroid dienone is 2. The van der Waals surface area contributed by atoms with Crippen LogP contribution in [0.4, 0.5) is 10.2 Å². The standard InChI is InChI=1S/C18H16FN3O2S/c1-25-18-21-16-15(17(24)22-18)13(9-5-7-10(19)8-6-9)14-11(20-16)3-2-4-12(14)23/h5-8,13H,2-4H2,1H3,(H2,20,21,22,24)/t13-/m1/s1. The minimum atomic E-state index is -0.521. The molecule has 25 heavy (non-hydrogen) atoms. The van der Waals surface area contributed by atoms with Crippen molar-refractivity contribution in [1.29, 1.82) is 0 Å². The van der Waals surface area contributed by atoms with E-state index in [1.165, 1.54) is 23.9 Å². The summed E-state index contributed by atoms with van der Waals surface area (Å²) >= 11 is 1.35. The van der Waals surface area contributed by atoms with Gasteiger partial charge in [0.15, 0.2) is 10.9 Å². The van der Waals surface area contributed by atoms with Crippen LogP contribution in [0.1, 0.15) is 36.3 Å². The molecule has 1 aliphatic carbocycles. The second-order valence-corrected chi connectivity index (χ2v) is 6.91. The molecule has 0 radical (unpaired) electrons. The van der Waals surface area contributed by atoms with E-state index < -0.39 is 5.92 Å². The van der Waals surface area contributed by atoms with Crippen LogP contribution >= 0.6 is 11.8 Å². The lowest BCUT2D eigenvalue weighted by Gasteiger charge is -2.32. The van der Waals surface area contributed by atoms with Crippen LogP contribution in [0.5, 0.6) is 0 Å². The van der Waals surface area contributed by atoms with E-state index in [2.05, 4.69) is 15.3 Å². The number of carbonyl (C=O) groups is 1. The van der Waals surface area contributed by atoms with Crippen molar-refractivity contribution >= 4 is 23.4 Å². The minimum Gasteiger partial charge on any atom is -0.343 e. The molecule has 2 N–H and O–H groups in total. The fourth-order valence-electron chi connectivity index (χ4n) is 3.53. The zero-order valence-corrected chi connectivity index (χ0v) is 14.4. The number of nitrogens with one attached hydrogen (secondary N) is 2. The molecule has 2 aromatic rings. The van der Waals surface area contributed by atoms with Crippen molar-refractivity contribution in [2.75, 3.05) is 11.6 Å². The lowest BCUT2D eigenvalue weighted by atomic mass is 9.76. The Bertz CT molecular complexity index is 950. The molecule has 5 nitrogen and oxygen atoms in total. The molecule has 0 saturated heterocycles. The van der Waals surface area contributed by atoms with Crippen molar-refractivity contribution in [3.05, 3.63) is 62.8 Å². The molecule has 1 aliphatic heterocycles. The maximum atomic E-state index is 13.4. The highest BCUT2D eigenvalue weighted by molar-refractivity contribution is 7.98. The van der Waals surface area contributed by atoms with Gasteiger partial charge in [-0.15, -0.1) is 0 Å². The largest absolute Gasteiger partial charge is 0.343 e. The third-order valence-corrected chi connectivity index (χ3v) is 5.21. The monoisotopic (exact) mass is 357 g/mol. The van der Waals surface area contributed by atoms with Gasteiger partial charge in [0.05, 0.1) is 5.56 Å². The highest BCUT2D eigenvalue weighted by Gasteiger charge is 2.37. The first-order valence-electron chi connectivity index (χ1n) is 8.05. The molecule has 1 aromatic heterocycles. The van der Waals surface area contributed by atoms with Crippen molar-refractivity contribution in [3.8, 4) is 0 Å². The Morgan fingerprint density at radius 1 is 1.20 bits per heavy atom. The molecule has 128 valence electrons. The number of ketones is 1. The Labute approximate surface area is 147 Å². The first-order valence-corrected chi connectivity index (χ1v) is 9.28. The Hall–Kier alpha value is -2.41. The number of hydrogen-bond acceptors (Lipinski definition) is 5. The van der Waals surface area contributed by atoms with Crippen molar-refractivity contribution < 1.29 is 9.18 Å². The van der Waals surface area contributed by atoms with E-state index in [1.807, 2.05) is 6.26 Å². The number of aromatic amines is 1. The zero-order chi connectivity index (χ0) is 17.6. The summed E-state index contributed by atoms with van der Waals surface area (Å²) in [6.07, 6.45) is 3.80. The number of carbonyl (C=O) groups excluding carboxylic acids is 1. The van der Waals surface area contributed by atoms with Gasteiger partial charge in [-0.3, -0.25) is 9.59 Å². The second kappa shape index (κ2) is 6.15. The molecule has 0 saturated carbocycles. The smallest absolute Gasteiger partial charge is 0.257 e. The predicted octanol–water partition coefficient (Wildman–Crippen LogP) is 3.20. The van der Waals surface area contributed by atoms with Crippen LogP contribution in [-0.2, 0) is 4.79 Å². The Kier molecular flexibility index (Phi) is 3.95. The van der Waals surface area contributed by atoms with E-state index in [0.29, 0.717) is 28.5 Å². The number of anilines is 1. The van der Waals surface area contributed by atoms with Gasteiger partial charge in [-0.2, -0.15) is 0 Å². The lowest BCUT2D eigenvalue weighted by Crippen LogP contribution is -2.32. The van der Waals surface area contributed by atoms with Crippen molar-refractivity contribution in [1.82, 2.24) is 9.97 Å². The van der Waals surface area contributed by atoms with Crippen molar-refractivity contribution in [2.45, 2.75) is 30.3 Å². The molecule has 0 amide bonds. The first kappa shape index (κ1) is 16.1. The highest BCUT2D eigenvalue weighted by Crippen LogP contribution is 2.43. The number of fused-ring (bicyclic) bond motifs is 1. The second-order valence-electron chi connectivity index (χ2n) is 6.12. The van der Waals surface area contributed by atoms with E-state index in [1.54, 1.807) is 12.1 Å². The van der Waals surface area contributed by atoms with E-state index in [9.17, 15) is 14.0 Å². The number of hydrogen-bond donors (Lipinski definition) is 2. The molecule has 2 aliphatic rings. The summed E-state index contributed by atoms with van der Waals surface area (Å²) in [4.78, 5) is 32.6. The molecule has 1 atom stereocenters. The summed E-state index contributed by atoms with van der Waals surface area (Å²) in [6, 6.07) is 5.96. The van der Waals surface area contributed by atoms with Gasteiger partial charge in [-0.25, -0.2) is 9.37 Å². The highest BCUT2D eigenvalue weighted by atomic mass is 32.2. The van der Waals surface area contributed by atoms with Gasteiger partial charge in [0.25, 0.3) is 5.56 Å². The fourth-order valence-corrected chi connectivity index (χ4v) is 3.90. The van der Waals surface area contributed by atoms with Crippen LogP contribution in [0.15, 0.2) is 45.5 Å². The normalized spacial score (nSPS) is 19.3. The summed E-state index contributed by atoms with van der Waals surface area (Å²) in [5.74, 6) is -0.364. The van der Waals surface area contributed by atoms with E-state index in [4.69, 9.17) is 0 Å². The van der Waals surface area contributed by atoms with Crippen LogP contribution in [0.3, 0.4) is 0 Å². The number of rotatable bonds is 2. The van der Waals surface area contributed by atoms with E-state index >= 15 is 0 Å². The average molecular weight is 357 g/mol. The molecule has 0 unspecified atom stereocenters. The molecule has 2 heterocycles. The van der Waals surface area contributed by atoms with E-state index in [0.717, 1.165) is 24.1 Å². The minimum absolute atomic E-state index is 0.0297. The molecular formula is C18H16FN3O2S. The number of Topliss-reactive ketones (excluding diaryl/α,β-unsaturated/α-hetero) is 1. The Balaban J connectivity index is 1.98. The molecule has 0 fully saturated rings. The van der Waals surface area contributed by atoms with E-state index in [-0.39, 0.29) is 17.2 Å². The predicted molar refractivity (Wildman–Crippen MR) is 94.4 cm³/mol. The number of thioether (sulfide) groups is 1. The van der Waals surface area contributed by atoms with Gasteiger partial charge in [-0.1, -0.05) is 23.9 Å². The Morgan fingerprint density at radius 3 is 2.68 bits per heavy atom. The molecule has 0 spiro atoms. The SMILES string of the molecule is CSc1nc2c(c(=O)[nH]1)[C@H](c1ccc(F)cc1)C1=C(CCCC1=O)N2. The average Bonchev–Trinajstić information content (AvgIpc) is 2.61. The third-order valence-electron chi connectivity index (χ3n) is 4.63. The molecular weight excluding hydrogens is 341 g/mol. The maximum absolute atomic E-state index is 13.4. The lowest BCUT2D eigenvalue weighted by molar-refractivity contribution is -0.116. The van der Waals surface area contributed by atoms with Crippen LogP contribution in [0.2, 0.25) is 0 Å². The van der Waals surface area contributed by atoms with Gasteiger partial charge < -0.3 is 10.3 Å². The van der Waals surface area contributed by atoms with Crippen LogP contribution in [-0.4, -0.2) is 22.0 Å². The summed E-state index contributed by atoms with van der Waals surface area (Å²) in [5.41, 5.74) is 2.29. The third kappa shape index (κ3) is 2.68. The van der Waals surface area contributed by atoms with Gasteiger partial charge in [-0.05, 0) is 36.8 Å². The topological polar surface area (TPSA) is 74.8 Å². The molecule has 0 bridgehead atoms. The van der Waals surface area contributed by atoms with Gasteiger partial charge >= 0.3 is 0 Å². The number of H-pyrrole nitrogens is 1. The van der Waals surface area contributed by atoms with Gasteiger partial charge in [0.1, 0.15) is 11.6 Å².